The molecule has 0 atom stereocenters. The van der Waals surface area contributed by atoms with Gasteiger partial charge in [0.2, 0.25) is 0 Å². The van der Waals surface area contributed by atoms with Crippen LogP contribution in [0.4, 0.5) is 5.69 Å². The van der Waals surface area contributed by atoms with Crippen molar-refractivity contribution in [2.75, 3.05) is 5.73 Å². The van der Waals surface area contributed by atoms with Crippen molar-refractivity contribution in [1.29, 1.82) is 0 Å². The SMILES string of the molecule is Cc1nn(C)c(Cl)c1CSc1cc(N)ccc1Cl. The fourth-order valence-electron chi connectivity index (χ4n) is 1.62. The Labute approximate surface area is 120 Å². The lowest BCUT2D eigenvalue weighted by atomic mass is 10.3. The molecule has 1 aromatic carbocycles. The first kappa shape index (κ1) is 13.6. The highest BCUT2D eigenvalue weighted by molar-refractivity contribution is 7.98. The molecule has 0 amide bonds. The fourth-order valence-corrected chi connectivity index (χ4v) is 3.29. The average molecular weight is 302 g/mol. The lowest BCUT2D eigenvalue weighted by Crippen LogP contribution is -1.89. The van der Waals surface area contributed by atoms with E-state index in [0.29, 0.717) is 15.9 Å². The molecule has 3 nitrogen and oxygen atoms in total. The standard InChI is InChI=1S/C12H13Cl2N3S/c1-7-9(12(14)17(2)16-7)6-18-11-5-8(15)3-4-10(11)13/h3-5H,6,15H2,1-2H3. The van der Waals surface area contributed by atoms with Crippen molar-refractivity contribution in [1.82, 2.24) is 9.78 Å². The molecule has 0 saturated carbocycles. The summed E-state index contributed by atoms with van der Waals surface area (Å²) < 4.78 is 1.67. The lowest BCUT2D eigenvalue weighted by molar-refractivity contribution is 0.757. The van der Waals surface area contributed by atoms with Crippen LogP contribution >= 0.6 is 35.0 Å². The summed E-state index contributed by atoms with van der Waals surface area (Å²) in [5.74, 6) is 0.724. The monoisotopic (exact) mass is 301 g/mol. The molecule has 18 heavy (non-hydrogen) atoms. The summed E-state index contributed by atoms with van der Waals surface area (Å²) in [5.41, 5.74) is 8.42. The van der Waals surface area contributed by atoms with E-state index in [4.69, 9.17) is 28.9 Å². The molecule has 0 unspecified atom stereocenters. The topological polar surface area (TPSA) is 43.8 Å². The highest BCUT2D eigenvalue weighted by Crippen LogP contribution is 2.33. The summed E-state index contributed by atoms with van der Waals surface area (Å²) in [5, 5.41) is 5.64. The van der Waals surface area contributed by atoms with Crippen LogP contribution in [0.25, 0.3) is 0 Å². The zero-order valence-corrected chi connectivity index (χ0v) is 12.4. The van der Waals surface area contributed by atoms with E-state index in [9.17, 15) is 0 Å². The predicted octanol–water partition coefficient (Wildman–Crippen LogP) is 3.91. The van der Waals surface area contributed by atoms with Gasteiger partial charge in [-0.25, -0.2) is 0 Å². The zero-order valence-electron chi connectivity index (χ0n) is 10.1. The van der Waals surface area contributed by atoms with Crippen molar-refractivity contribution in [2.24, 2.45) is 7.05 Å². The maximum atomic E-state index is 6.18. The molecule has 0 saturated heterocycles. The number of nitrogens with zero attached hydrogens (tertiary/aromatic N) is 2. The van der Waals surface area contributed by atoms with E-state index in [0.717, 1.165) is 21.9 Å². The van der Waals surface area contributed by atoms with Crippen molar-refractivity contribution in [3.63, 3.8) is 0 Å². The third-order valence-electron chi connectivity index (χ3n) is 2.60. The van der Waals surface area contributed by atoms with Crippen LogP contribution in [-0.2, 0) is 12.8 Å². The summed E-state index contributed by atoms with van der Waals surface area (Å²) in [4.78, 5) is 0.955. The van der Waals surface area contributed by atoms with Crippen molar-refractivity contribution >= 4 is 40.7 Å². The summed E-state index contributed by atoms with van der Waals surface area (Å²) in [6, 6.07) is 5.46. The van der Waals surface area contributed by atoms with E-state index in [1.807, 2.05) is 20.0 Å². The third-order valence-corrected chi connectivity index (χ3v) is 4.59. The minimum atomic E-state index is 0.667. The van der Waals surface area contributed by atoms with Gasteiger partial charge in [-0.3, -0.25) is 4.68 Å². The Balaban J connectivity index is 2.19. The second kappa shape index (κ2) is 5.43. The van der Waals surface area contributed by atoms with Gasteiger partial charge in [0.15, 0.2) is 0 Å². The molecule has 96 valence electrons. The number of anilines is 1. The van der Waals surface area contributed by atoms with Crippen LogP contribution in [0.15, 0.2) is 23.1 Å². The van der Waals surface area contributed by atoms with Crippen LogP contribution in [0.5, 0.6) is 0 Å². The number of benzene rings is 1. The van der Waals surface area contributed by atoms with E-state index in [1.165, 1.54) is 0 Å². The zero-order chi connectivity index (χ0) is 13.3. The molecule has 2 N–H and O–H groups in total. The third kappa shape index (κ3) is 2.76. The largest absolute Gasteiger partial charge is 0.399 e. The summed E-state index contributed by atoms with van der Waals surface area (Å²) in [6.07, 6.45) is 0. The van der Waals surface area contributed by atoms with Crippen LogP contribution in [-0.4, -0.2) is 9.78 Å². The van der Waals surface area contributed by atoms with Crippen LogP contribution in [0.3, 0.4) is 0 Å². The number of nitrogen functional groups attached to an aromatic ring is 1. The van der Waals surface area contributed by atoms with Gasteiger partial charge in [-0.15, -0.1) is 11.8 Å². The quantitative estimate of drug-likeness (QED) is 0.690. The number of aromatic nitrogens is 2. The predicted molar refractivity (Wildman–Crippen MR) is 78.4 cm³/mol. The second-order valence-corrected chi connectivity index (χ2v) is 5.74. The number of nitrogens with two attached hydrogens (primary N) is 1. The Hall–Kier alpha value is -0.840. The maximum absolute atomic E-state index is 6.18. The normalized spacial score (nSPS) is 10.9. The van der Waals surface area contributed by atoms with E-state index < -0.39 is 0 Å². The van der Waals surface area contributed by atoms with Crippen LogP contribution in [0.1, 0.15) is 11.3 Å². The highest BCUT2D eigenvalue weighted by Gasteiger charge is 2.12. The van der Waals surface area contributed by atoms with Gasteiger partial charge in [0.1, 0.15) is 5.15 Å². The molecule has 0 bridgehead atoms. The second-order valence-electron chi connectivity index (χ2n) is 3.96. The van der Waals surface area contributed by atoms with E-state index >= 15 is 0 Å². The molecule has 2 rings (SSSR count). The number of halogens is 2. The molecular weight excluding hydrogens is 289 g/mol. The van der Waals surface area contributed by atoms with Gasteiger partial charge in [0.05, 0.1) is 10.7 Å². The molecule has 1 aromatic heterocycles. The van der Waals surface area contributed by atoms with Gasteiger partial charge in [0, 0.05) is 28.9 Å². The smallest absolute Gasteiger partial charge is 0.131 e. The number of hydrogen-bond donors (Lipinski definition) is 1. The molecule has 0 fully saturated rings. The molecule has 0 aliphatic rings. The molecular formula is C12H13Cl2N3S. The van der Waals surface area contributed by atoms with Gasteiger partial charge in [-0.1, -0.05) is 23.2 Å². The minimum absolute atomic E-state index is 0.667. The van der Waals surface area contributed by atoms with Crippen LogP contribution < -0.4 is 5.73 Å². The first-order valence-electron chi connectivity index (χ1n) is 5.35. The van der Waals surface area contributed by atoms with Crippen molar-refractivity contribution < 1.29 is 0 Å². The Kier molecular flexibility index (Phi) is 4.10. The highest BCUT2D eigenvalue weighted by atomic mass is 35.5. The van der Waals surface area contributed by atoms with E-state index in [1.54, 1.807) is 28.6 Å². The average Bonchev–Trinajstić information content (AvgIpc) is 2.55. The molecule has 0 spiro atoms. The summed E-state index contributed by atoms with van der Waals surface area (Å²) in [7, 11) is 1.83. The molecule has 6 heteroatoms. The summed E-state index contributed by atoms with van der Waals surface area (Å²) >= 11 is 13.9. The molecule has 1 heterocycles. The molecule has 0 radical (unpaired) electrons. The molecule has 0 aliphatic carbocycles. The van der Waals surface area contributed by atoms with Crippen molar-refractivity contribution in [3.05, 3.63) is 39.6 Å². The number of aryl methyl sites for hydroxylation is 2. The van der Waals surface area contributed by atoms with E-state index in [-0.39, 0.29) is 0 Å². The Morgan fingerprint density at radius 2 is 2.11 bits per heavy atom. The molecule has 0 aliphatic heterocycles. The van der Waals surface area contributed by atoms with Gasteiger partial charge in [0.25, 0.3) is 0 Å². The van der Waals surface area contributed by atoms with Crippen LogP contribution in [0, 0.1) is 6.92 Å². The Morgan fingerprint density at radius 1 is 1.39 bits per heavy atom. The van der Waals surface area contributed by atoms with Crippen molar-refractivity contribution in [3.8, 4) is 0 Å². The summed E-state index contributed by atoms with van der Waals surface area (Å²) in [6.45, 7) is 1.95. The lowest BCUT2D eigenvalue weighted by Gasteiger charge is -2.05. The van der Waals surface area contributed by atoms with Gasteiger partial charge in [-0.2, -0.15) is 5.10 Å². The fraction of sp³-hybridized carbons (Fsp3) is 0.250. The van der Waals surface area contributed by atoms with Crippen LogP contribution in [0.2, 0.25) is 10.2 Å². The van der Waals surface area contributed by atoms with Gasteiger partial charge < -0.3 is 5.73 Å². The Morgan fingerprint density at radius 3 is 2.72 bits per heavy atom. The maximum Gasteiger partial charge on any atom is 0.131 e. The first-order chi connectivity index (χ1) is 8.49. The minimum Gasteiger partial charge on any atom is -0.399 e. The number of hydrogen-bond acceptors (Lipinski definition) is 3. The van der Waals surface area contributed by atoms with E-state index in [2.05, 4.69) is 5.10 Å². The van der Waals surface area contributed by atoms with Crippen molar-refractivity contribution in [2.45, 2.75) is 17.6 Å². The first-order valence-corrected chi connectivity index (χ1v) is 7.09. The van der Waals surface area contributed by atoms with Gasteiger partial charge >= 0.3 is 0 Å². The molecule has 2 aromatic rings. The Bertz CT molecular complexity index is 581. The van der Waals surface area contributed by atoms with Gasteiger partial charge in [-0.05, 0) is 25.1 Å². The number of rotatable bonds is 3. The number of thioether (sulfide) groups is 1.